The van der Waals surface area contributed by atoms with Crippen LogP contribution in [0.25, 0.3) is 6.08 Å². The summed E-state index contributed by atoms with van der Waals surface area (Å²) >= 11 is 0. The summed E-state index contributed by atoms with van der Waals surface area (Å²) in [5.41, 5.74) is 0.210. The largest absolute Gasteiger partial charge is 0.493 e. The number of hydrogen-bond donors (Lipinski definition) is 1. The normalized spacial score (nSPS) is 10.8. The maximum atomic E-state index is 13.7. The first kappa shape index (κ1) is 23.0. The summed E-state index contributed by atoms with van der Waals surface area (Å²) in [5.74, 6) is -5.06. The minimum atomic E-state index is -1.68. The Morgan fingerprint density at radius 1 is 1.07 bits per heavy atom. The van der Waals surface area contributed by atoms with Gasteiger partial charge in [0, 0.05) is 18.2 Å². The maximum Gasteiger partial charge on any atom is 0.247 e. The fraction of sp³-hybridized carbons (Fsp3) is 0.273. The average Bonchev–Trinajstić information content (AvgIpc) is 2.73. The van der Waals surface area contributed by atoms with Crippen LogP contribution in [0.15, 0.2) is 42.5 Å². The summed E-state index contributed by atoms with van der Waals surface area (Å²) in [6.45, 7) is 4.07. The Labute approximate surface area is 173 Å². The van der Waals surface area contributed by atoms with E-state index in [0.717, 1.165) is 6.07 Å². The van der Waals surface area contributed by atoms with Gasteiger partial charge in [-0.25, -0.2) is 13.2 Å². The van der Waals surface area contributed by atoms with E-state index in [1.165, 1.54) is 11.0 Å². The first-order chi connectivity index (χ1) is 14.4. The van der Waals surface area contributed by atoms with Crippen molar-refractivity contribution >= 4 is 23.6 Å². The van der Waals surface area contributed by atoms with Crippen molar-refractivity contribution in [1.82, 2.24) is 4.90 Å². The van der Waals surface area contributed by atoms with E-state index in [4.69, 9.17) is 4.74 Å². The second-order valence-electron chi connectivity index (χ2n) is 6.34. The van der Waals surface area contributed by atoms with Crippen molar-refractivity contribution in [1.29, 1.82) is 0 Å². The van der Waals surface area contributed by atoms with Gasteiger partial charge in [-0.3, -0.25) is 9.59 Å². The molecule has 0 atom stereocenters. The van der Waals surface area contributed by atoms with Crippen molar-refractivity contribution in [2.75, 3.05) is 25.0 Å². The van der Waals surface area contributed by atoms with Gasteiger partial charge < -0.3 is 15.0 Å². The Kier molecular flexibility index (Phi) is 8.46. The first-order valence-corrected chi connectivity index (χ1v) is 9.49. The lowest BCUT2D eigenvalue weighted by molar-refractivity contribution is -0.130. The number of carbonyl (C=O) groups is 2. The van der Waals surface area contributed by atoms with E-state index in [2.05, 4.69) is 5.32 Å². The van der Waals surface area contributed by atoms with Crippen LogP contribution in [-0.4, -0.2) is 36.4 Å². The molecule has 0 spiro atoms. The molecule has 8 heteroatoms. The fourth-order valence-corrected chi connectivity index (χ4v) is 2.69. The van der Waals surface area contributed by atoms with E-state index in [0.29, 0.717) is 30.4 Å². The number of nitrogens with one attached hydrogen (secondary N) is 1. The van der Waals surface area contributed by atoms with Gasteiger partial charge in [0.25, 0.3) is 0 Å². The highest BCUT2D eigenvalue weighted by molar-refractivity contribution is 5.98. The van der Waals surface area contributed by atoms with Crippen molar-refractivity contribution in [2.45, 2.75) is 20.3 Å². The molecule has 0 unspecified atom stereocenters. The zero-order valence-electron chi connectivity index (χ0n) is 16.8. The predicted octanol–water partition coefficient (Wildman–Crippen LogP) is 4.39. The lowest BCUT2D eigenvalue weighted by Crippen LogP contribution is -2.37. The number of ether oxygens (including phenoxy) is 1. The van der Waals surface area contributed by atoms with Gasteiger partial charge >= 0.3 is 0 Å². The van der Waals surface area contributed by atoms with E-state index < -0.39 is 35.0 Å². The molecular weight excluding hydrogens is 397 g/mol. The number of para-hydroxylation sites is 1. The summed E-state index contributed by atoms with van der Waals surface area (Å²) in [6, 6.07) is 8.82. The lowest BCUT2D eigenvalue weighted by Gasteiger charge is -2.20. The Bertz CT molecular complexity index is 932. The van der Waals surface area contributed by atoms with Gasteiger partial charge in [-0.15, -0.1) is 0 Å². The predicted molar refractivity (Wildman–Crippen MR) is 108 cm³/mol. The highest BCUT2D eigenvalue weighted by Crippen LogP contribution is 2.20. The topological polar surface area (TPSA) is 58.6 Å². The molecule has 30 heavy (non-hydrogen) atoms. The van der Waals surface area contributed by atoms with Crippen molar-refractivity contribution in [3.63, 3.8) is 0 Å². The van der Waals surface area contributed by atoms with Crippen LogP contribution in [0.1, 0.15) is 25.8 Å². The van der Waals surface area contributed by atoms with Crippen LogP contribution >= 0.6 is 0 Å². The third-order valence-corrected chi connectivity index (χ3v) is 4.07. The fourth-order valence-electron chi connectivity index (χ4n) is 2.69. The molecule has 2 aromatic rings. The Balaban J connectivity index is 2.09. The molecule has 1 N–H and O–H groups in total. The SMILES string of the molecule is CCCN(CC(=O)Nc1ccc(F)c(F)c1F)C(=O)C=Cc1ccccc1OCC. The molecule has 0 saturated heterocycles. The van der Waals surface area contributed by atoms with E-state index in [1.54, 1.807) is 24.3 Å². The summed E-state index contributed by atoms with van der Waals surface area (Å²) < 4.78 is 45.6. The van der Waals surface area contributed by atoms with Crippen molar-refractivity contribution < 1.29 is 27.5 Å². The average molecular weight is 420 g/mol. The van der Waals surface area contributed by atoms with Crippen LogP contribution < -0.4 is 10.1 Å². The number of rotatable bonds is 9. The number of amides is 2. The Morgan fingerprint density at radius 2 is 1.80 bits per heavy atom. The number of anilines is 1. The van der Waals surface area contributed by atoms with Crippen LogP contribution in [0.3, 0.4) is 0 Å². The van der Waals surface area contributed by atoms with E-state index in [9.17, 15) is 22.8 Å². The van der Waals surface area contributed by atoms with Gasteiger partial charge in [0.2, 0.25) is 11.8 Å². The number of hydrogen-bond acceptors (Lipinski definition) is 3. The molecular formula is C22H23F3N2O3. The van der Waals surface area contributed by atoms with Crippen LogP contribution in [0, 0.1) is 17.5 Å². The smallest absolute Gasteiger partial charge is 0.247 e. The monoisotopic (exact) mass is 420 g/mol. The number of nitrogens with zero attached hydrogens (tertiary/aromatic N) is 1. The van der Waals surface area contributed by atoms with E-state index in [1.807, 2.05) is 19.9 Å². The molecule has 5 nitrogen and oxygen atoms in total. The lowest BCUT2D eigenvalue weighted by atomic mass is 10.2. The van der Waals surface area contributed by atoms with Crippen LogP contribution in [-0.2, 0) is 9.59 Å². The van der Waals surface area contributed by atoms with Crippen molar-refractivity contribution in [3.05, 3.63) is 65.5 Å². The summed E-state index contributed by atoms with van der Waals surface area (Å²) in [7, 11) is 0. The zero-order valence-corrected chi connectivity index (χ0v) is 16.8. The van der Waals surface area contributed by atoms with Crippen molar-refractivity contribution in [3.8, 4) is 5.75 Å². The number of halogens is 3. The molecule has 0 heterocycles. The third-order valence-electron chi connectivity index (χ3n) is 4.07. The molecule has 160 valence electrons. The second-order valence-corrected chi connectivity index (χ2v) is 6.34. The molecule has 0 bridgehead atoms. The molecule has 2 amide bonds. The highest BCUT2D eigenvalue weighted by atomic mass is 19.2. The molecule has 0 fully saturated rings. The summed E-state index contributed by atoms with van der Waals surface area (Å²) in [6.07, 6.45) is 3.49. The molecule has 2 rings (SSSR count). The molecule has 0 aromatic heterocycles. The highest BCUT2D eigenvalue weighted by Gasteiger charge is 2.18. The van der Waals surface area contributed by atoms with Crippen molar-refractivity contribution in [2.24, 2.45) is 0 Å². The number of benzene rings is 2. The molecule has 0 radical (unpaired) electrons. The van der Waals surface area contributed by atoms with Crippen LogP contribution in [0.2, 0.25) is 0 Å². The van der Waals surface area contributed by atoms with E-state index >= 15 is 0 Å². The zero-order chi connectivity index (χ0) is 22.1. The molecule has 0 aliphatic rings. The first-order valence-electron chi connectivity index (χ1n) is 9.49. The summed E-state index contributed by atoms with van der Waals surface area (Å²) in [5, 5.41) is 2.16. The van der Waals surface area contributed by atoms with Gasteiger partial charge in [0.05, 0.1) is 12.3 Å². The van der Waals surface area contributed by atoms with Gasteiger partial charge in [-0.2, -0.15) is 0 Å². The molecule has 2 aromatic carbocycles. The second kappa shape index (κ2) is 11.0. The van der Waals surface area contributed by atoms with Crippen LogP contribution in [0.4, 0.5) is 18.9 Å². The van der Waals surface area contributed by atoms with Gasteiger partial charge in [-0.05, 0) is 37.6 Å². The third kappa shape index (κ3) is 6.10. The molecule has 0 saturated carbocycles. The maximum absolute atomic E-state index is 13.7. The minimum Gasteiger partial charge on any atom is -0.493 e. The quantitative estimate of drug-likeness (QED) is 0.484. The van der Waals surface area contributed by atoms with E-state index in [-0.39, 0.29) is 13.1 Å². The van der Waals surface area contributed by atoms with Gasteiger partial charge in [0.15, 0.2) is 17.5 Å². The minimum absolute atomic E-state index is 0.282. The van der Waals surface area contributed by atoms with Gasteiger partial charge in [0.1, 0.15) is 12.3 Å². The number of carbonyl (C=O) groups excluding carboxylic acids is 2. The van der Waals surface area contributed by atoms with Crippen LogP contribution in [0.5, 0.6) is 5.75 Å². The Morgan fingerprint density at radius 3 is 2.50 bits per heavy atom. The standard InChI is InChI=1S/C22H23F3N2O3/c1-3-13-27(14-19(28)26-17-11-10-16(23)21(24)22(17)25)20(29)12-9-15-7-5-6-8-18(15)30-4-2/h5-12H,3-4,13-14H2,1-2H3,(H,26,28). The van der Waals surface area contributed by atoms with Gasteiger partial charge in [-0.1, -0.05) is 25.1 Å². The molecule has 0 aliphatic heterocycles. The molecule has 0 aliphatic carbocycles. The summed E-state index contributed by atoms with van der Waals surface area (Å²) in [4.78, 5) is 26.1. The Hall–Kier alpha value is -3.29.